The van der Waals surface area contributed by atoms with Crippen molar-refractivity contribution in [2.24, 2.45) is 4.99 Å². The number of carbonyl (C=O) groups excluding carboxylic acids is 3. The van der Waals surface area contributed by atoms with E-state index in [1.54, 1.807) is 13.0 Å². The number of thioether (sulfide) groups is 2. The first kappa shape index (κ1) is 21.7. The third-order valence-electron chi connectivity index (χ3n) is 4.27. The molecular weight excluding hydrogens is 432 g/mol. The van der Waals surface area contributed by atoms with Gasteiger partial charge in [0.15, 0.2) is 11.0 Å². The molecular formula is C20H19ClN2O4S2. The largest absolute Gasteiger partial charge is 0.465 e. The van der Waals surface area contributed by atoms with Gasteiger partial charge in [0.2, 0.25) is 0 Å². The fourth-order valence-corrected chi connectivity index (χ4v) is 5.17. The summed E-state index contributed by atoms with van der Waals surface area (Å²) in [5.41, 5.74) is 3.23. The zero-order valence-corrected chi connectivity index (χ0v) is 18.5. The predicted octanol–water partition coefficient (Wildman–Crippen LogP) is 4.22. The van der Waals surface area contributed by atoms with Crippen molar-refractivity contribution in [3.63, 3.8) is 0 Å². The molecule has 1 aliphatic heterocycles. The SMILES string of the molecule is CCOC(=O)[C@H]1SC(SCC(=O)c2cc(C)n(-c3cccc(Cl)c3)c2C)=NC1=O. The Hall–Kier alpha value is -2.03. The Kier molecular flexibility index (Phi) is 6.87. The van der Waals surface area contributed by atoms with E-state index < -0.39 is 17.1 Å². The molecule has 2 heterocycles. The second kappa shape index (κ2) is 9.19. The van der Waals surface area contributed by atoms with E-state index in [-0.39, 0.29) is 18.1 Å². The Balaban J connectivity index is 1.70. The van der Waals surface area contributed by atoms with Gasteiger partial charge in [0, 0.05) is 27.7 Å². The summed E-state index contributed by atoms with van der Waals surface area (Å²) in [6.07, 6.45) is 0. The zero-order valence-electron chi connectivity index (χ0n) is 16.1. The number of aromatic nitrogens is 1. The van der Waals surface area contributed by atoms with E-state index >= 15 is 0 Å². The van der Waals surface area contributed by atoms with Gasteiger partial charge in [-0.05, 0) is 45.0 Å². The van der Waals surface area contributed by atoms with Gasteiger partial charge >= 0.3 is 5.97 Å². The molecule has 0 bridgehead atoms. The Morgan fingerprint density at radius 2 is 2.07 bits per heavy atom. The summed E-state index contributed by atoms with van der Waals surface area (Å²) >= 11 is 8.29. The maximum Gasteiger partial charge on any atom is 0.329 e. The van der Waals surface area contributed by atoms with Crippen molar-refractivity contribution in [1.29, 1.82) is 0 Å². The lowest BCUT2D eigenvalue weighted by Gasteiger charge is -2.10. The summed E-state index contributed by atoms with van der Waals surface area (Å²) in [4.78, 5) is 40.3. The lowest BCUT2D eigenvalue weighted by Crippen LogP contribution is -2.24. The molecule has 3 rings (SSSR count). The number of rotatable bonds is 6. The molecule has 0 aliphatic carbocycles. The van der Waals surface area contributed by atoms with Gasteiger partial charge < -0.3 is 9.30 Å². The maximum atomic E-state index is 12.8. The summed E-state index contributed by atoms with van der Waals surface area (Å²) in [5.74, 6) is -1.10. The van der Waals surface area contributed by atoms with Crippen molar-refractivity contribution in [3.8, 4) is 5.69 Å². The number of ether oxygens (including phenoxy) is 1. The van der Waals surface area contributed by atoms with E-state index in [4.69, 9.17) is 16.3 Å². The fourth-order valence-electron chi connectivity index (χ4n) is 3.02. The monoisotopic (exact) mass is 450 g/mol. The van der Waals surface area contributed by atoms with E-state index in [2.05, 4.69) is 4.99 Å². The number of hydrogen-bond donors (Lipinski definition) is 0. The molecule has 1 amide bonds. The van der Waals surface area contributed by atoms with Crippen LogP contribution in [0.15, 0.2) is 35.3 Å². The van der Waals surface area contributed by atoms with Crippen LogP contribution in [0.2, 0.25) is 5.02 Å². The molecule has 2 aromatic rings. The highest BCUT2D eigenvalue weighted by atomic mass is 35.5. The second-order valence-electron chi connectivity index (χ2n) is 6.28. The number of benzene rings is 1. The number of Topliss-reactive ketones (excluding diaryl/α,β-unsaturated/α-hetero) is 1. The molecule has 6 nitrogen and oxygen atoms in total. The molecule has 1 aromatic carbocycles. The van der Waals surface area contributed by atoms with Crippen LogP contribution in [0, 0.1) is 13.8 Å². The summed E-state index contributed by atoms with van der Waals surface area (Å²) < 4.78 is 7.26. The molecule has 0 radical (unpaired) electrons. The van der Waals surface area contributed by atoms with Gasteiger partial charge in [-0.1, -0.05) is 41.2 Å². The zero-order chi connectivity index (χ0) is 21.1. The molecule has 1 aliphatic rings. The first-order chi connectivity index (χ1) is 13.8. The molecule has 9 heteroatoms. The molecule has 0 unspecified atom stereocenters. The molecule has 0 fully saturated rings. The molecule has 0 saturated heterocycles. The van der Waals surface area contributed by atoms with Gasteiger partial charge in [0.25, 0.3) is 5.91 Å². The standard InChI is InChI=1S/C20H19ClN2O4S2/c1-4-27-19(26)17-18(25)22-20(29-17)28-10-16(24)15-8-11(2)23(12(15)3)14-7-5-6-13(21)9-14/h5-9,17H,4,10H2,1-3H3/t17-/m0/s1. The van der Waals surface area contributed by atoms with E-state index in [0.717, 1.165) is 40.6 Å². The molecule has 1 aromatic heterocycles. The van der Waals surface area contributed by atoms with Crippen LogP contribution in [-0.4, -0.2) is 44.2 Å². The van der Waals surface area contributed by atoms with Gasteiger partial charge in [-0.15, -0.1) is 0 Å². The molecule has 1 atom stereocenters. The van der Waals surface area contributed by atoms with Crippen LogP contribution in [0.3, 0.4) is 0 Å². The third kappa shape index (κ3) is 4.76. The Labute approximate surface area is 182 Å². The Morgan fingerprint density at radius 1 is 1.31 bits per heavy atom. The van der Waals surface area contributed by atoms with Gasteiger partial charge in [-0.25, -0.2) is 0 Å². The number of ketones is 1. The lowest BCUT2D eigenvalue weighted by atomic mass is 10.2. The molecule has 152 valence electrons. The van der Waals surface area contributed by atoms with E-state index in [9.17, 15) is 14.4 Å². The van der Waals surface area contributed by atoms with Crippen LogP contribution in [0.5, 0.6) is 0 Å². The van der Waals surface area contributed by atoms with Crippen LogP contribution in [-0.2, 0) is 14.3 Å². The smallest absolute Gasteiger partial charge is 0.329 e. The summed E-state index contributed by atoms with van der Waals surface area (Å²) in [6, 6.07) is 9.28. The topological polar surface area (TPSA) is 77.7 Å². The van der Waals surface area contributed by atoms with Crippen LogP contribution in [0.1, 0.15) is 28.7 Å². The van der Waals surface area contributed by atoms with Crippen molar-refractivity contribution in [2.75, 3.05) is 12.4 Å². The van der Waals surface area contributed by atoms with Crippen LogP contribution in [0.4, 0.5) is 0 Å². The number of nitrogens with zero attached hydrogens (tertiary/aromatic N) is 2. The highest BCUT2D eigenvalue weighted by Gasteiger charge is 2.36. The normalized spacial score (nSPS) is 16.1. The van der Waals surface area contributed by atoms with Gasteiger partial charge in [0.1, 0.15) is 4.38 Å². The Bertz CT molecular complexity index is 1020. The number of esters is 1. The van der Waals surface area contributed by atoms with E-state index in [0.29, 0.717) is 15.0 Å². The van der Waals surface area contributed by atoms with Crippen LogP contribution >= 0.6 is 35.1 Å². The van der Waals surface area contributed by atoms with Crippen molar-refractivity contribution < 1.29 is 19.1 Å². The second-order valence-corrected chi connectivity index (χ2v) is 9.03. The molecule has 29 heavy (non-hydrogen) atoms. The van der Waals surface area contributed by atoms with Crippen LogP contribution in [0.25, 0.3) is 5.69 Å². The van der Waals surface area contributed by atoms with Crippen molar-refractivity contribution in [3.05, 3.63) is 52.3 Å². The summed E-state index contributed by atoms with van der Waals surface area (Å²) in [7, 11) is 0. The average molecular weight is 451 g/mol. The Morgan fingerprint density at radius 3 is 2.76 bits per heavy atom. The van der Waals surface area contributed by atoms with Crippen molar-refractivity contribution in [1.82, 2.24) is 4.57 Å². The van der Waals surface area contributed by atoms with Crippen molar-refractivity contribution in [2.45, 2.75) is 26.0 Å². The first-order valence-corrected chi connectivity index (χ1v) is 11.1. The van der Waals surface area contributed by atoms with Crippen LogP contribution < -0.4 is 0 Å². The highest BCUT2D eigenvalue weighted by molar-refractivity contribution is 8.40. The molecule has 0 saturated carbocycles. The number of carbonyl (C=O) groups is 3. The van der Waals surface area contributed by atoms with Gasteiger partial charge in [-0.3, -0.25) is 14.4 Å². The quantitative estimate of drug-likeness (QED) is 0.372. The highest BCUT2D eigenvalue weighted by Crippen LogP contribution is 2.31. The minimum Gasteiger partial charge on any atom is -0.465 e. The summed E-state index contributed by atoms with van der Waals surface area (Å²) in [6.45, 7) is 5.69. The summed E-state index contributed by atoms with van der Waals surface area (Å²) in [5, 5.41) is -0.351. The number of aryl methyl sites for hydroxylation is 1. The first-order valence-electron chi connectivity index (χ1n) is 8.88. The number of hydrogen-bond acceptors (Lipinski definition) is 6. The number of aliphatic imine (C=N–C) groups is 1. The maximum absolute atomic E-state index is 12.8. The lowest BCUT2D eigenvalue weighted by molar-refractivity contribution is -0.144. The number of amides is 1. The van der Waals surface area contributed by atoms with E-state index in [1.165, 1.54) is 0 Å². The predicted molar refractivity (Wildman–Crippen MR) is 117 cm³/mol. The number of halogens is 1. The minimum atomic E-state index is -0.972. The van der Waals surface area contributed by atoms with Gasteiger partial charge in [0.05, 0.1) is 12.4 Å². The van der Waals surface area contributed by atoms with E-state index in [1.807, 2.05) is 42.7 Å². The molecule has 0 N–H and O–H groups in total. The minimum absolute atomic E-state index is 0.0771. The third-order valence-corrected chi connectivity index (χ3v) is 6.81. The van der Waals surface area contributed by atoms with Crippen molar-refractivity contribution >= 4 is 57.2 Å². The fraction of sp³-hybridized carbons (Fsp3) is 0.300. The molecule has 0 spiro atoms. The average Bonchev–Trinajstić information content (AvgIpc) is 3.19. The van der Waals surface area contributed by atoms with Gasteiger partial charge in [-0.2, -0.15) is 4.99 Å².